The summed E-state index contributed by atoms with van der Waals surface area (Å²) >= 11 is 0. The number of nitrogens with one attached hydrogen (secondary N) is 1. The highest BCUT2D eigenvalue weighted by Gasteiger charge is 2.21. The summed E-state index contributed by atoms with van der Waals surface area (Å²) in [7, 11) is 2.06. The van der Waals surface area contributed by atoms with Crippen molar-refractivity contribution in [3.63, 3.8) is 0 Å². The van der Waals surface area contributed by atoms with Crippen LogP contribution in [0.5, 0.6) is 0 Å². The third-order valence-electron chi connectivity index (χ3n) is 3.70. The van der Waals surface area contributed by atoms with Crippen molar-refractivity contribution in [2.45, 2.75) is 32.6 Å². The van der Waals surface area contributed by atoms with Crippen molar-refractivity contribution in [1.82, 2.24) is 10.2 Å². The summed E-state index contributed by atoms with van der Waals surface area (Å²) in [6.07, 6.45) is 6.31. The van der Waals surface area contributed by atoms with E-state index in [0.29, 0.717) is 0 Å². The molecule has 1 fully saturated rings. The zero-order valence-corrected chi connectivity index (χ0v) is 13.9. The number of rotatable bonds is 10. The summed E-state index contributed by atoms with van der Waals surface area (Å²) in [6.45, 7) is 6.35. The second-order valence-corrected chi connectivity index (χ2v) is 5.90. The first-order valence-electron chi connectivity index (χ1n) is 8.39. The van der Waals surface area contributed by atoms with E-state index in [1.807, 2.05) is 12.1 Å². The smallest absolute Gasteiger partial charge is 0.193 e. The van der Waals surface area contributed by atoms with Crippen LogP contribution < -0.4 is 5.32 Å². The summed E-state index contributed by atoms with van der Waals surface area (Å²) in [5.74, 6) is 2.77. The van der Waals surface area contributed by atoms with Crippen LogP contribution in [-0.2, 0) is 11.2 Å². The van der Waals surface area contributed by atoms with Gasteiger partial charge in [-0.3, -0.25) is 4.99 Å². The maximum absolute atomic E-state index is 5.71. The first-order valence-corrected chi connectivity index (χ1v) is 8.39. The van der Waals surface area contributed by atoms with Crippen molar-refractivity contribution >= 4 is 5.96 Å². The molecule has 0 saturated heterocycles. The highest BCUT2D eigenvalue weighted by atomic mass is 16.5. The summed E-state index contributed by atoms with van der Waals surface area (Å²) in [6, 6.07) is 3.92. The van der Waals surface area contributed by atoms with Crippen LogP contribution >= 0.6 is 0 Å². The number of aliphatic imine (C=N–C) groups is 1. The molecule has 0 aliphatic heterocycles. The van der Waals surface area contributed by atoms with Crippen LogP contribution in [0.25, 0.3) is 0 Å². The zero-order chi connectivity index (χ0) is 15.6. The topological polar surface area (TPSA) is 50.0 Å². The molecule has 22 heavy (non-hydrogen) atoms. The van der Waals surface area contributed by atoms with Crippen molar-refractivity contribution < 1.29 is 9.15 Å². The van der Waals surface area contributed by atoms with Gasteiger partial charge in [-0.05, 0) is 37.3 Å². The molecule has 1 N–H and O–H groups in total. The lowest BCUT2D eigenvalue weighted by Crippen LogP contribution is -2.41. The van der Waals surface area contributed by atoms with Gasteiger partial charge >= 0.3 is 0 Å². The standard InChI is InChI=1S/C17H29N3O2/c1-3-9-18-17(19-10-8-16-5-4-12-22-16)20(2)11-13-21-14-15-6-7-15/h4-5,12,15H,3,6-11,13-14H2,1-2H3,(H,18,19). The third kappa shape index (κ3) is 6.52. The molecule has 5 nitrogen and oxygen atoms in total. The maximum atomic E-state index is 5.71. The minimum Gasteiger partial charge on any atom is -0.469 e. The van der Waals surface area contributed by atoms with Gasteiger partial charge in [-0.1, -0.05) is 6.92 Å². The molecule has 1 saturated carbocycles. The summed E-state index contributed by atoms with van der Waals surface area (Å²) in [4.78, 5) is 6.78. The van der Waals surface area contributed by atoms with Crippen LogP contribution in [0.3, 0.4) is 0 Å². The van der Waals surface area contributed by atoms with Gasteiger partial charge in [-0.25, -0.2) is 0 Å². The van der Waals surface area contributed by atoms with Crippen molar-refractivity contribution in [3.8, 4) is 0 Å². The molecule has 0 amide bonds. The van der Waals surface area contributed by atoms with Gasteiger partial charge < -0.3 is 19.4 Å². The monoisotopic (exact) mass is 307 g/mol. The lowest BCUT2D eigenvalue weighted by molar-refractivity contribution is 0.115. The quantitative estimate of drug-likeness (QED) is 0.410. The molecule has 1 aromatic rings. The van der Waals surface area contributed by atoms with E-state index in [0.717, 1.165) is 63.3 Å². The Balaban J connectivity index is 1.68. The van der Waals surface area contributed by atoms with E-state index in [1.165, 1.54) is 12.8 Å². The Bertz CT molecular complexity index is 427. The Kier molecular flexibility index (Phi) is 7.30. The summed E-state index contributed by atoms with van der Waals surface area (Å²) < 4.78 is 11.1. The van der Waals surface area contributed by atoms with E-state index in [-0.39, 0.29) is 0 Å². The summed E-state index contributed by atoms with van der Waals surface area (Å²) in [5, 5.41) is 3.41. The van der Waals surface area contributed by atoms with E-state index >= 15 is 0 Å². The Morgan fingerprint density at radius 3 is 3.05 bits per heavy atom. The van der Waals surface area contributed by atoms with Crippen LogP contribution in [0, 0.1) is 5.92 Å². The van der Waals surface area contributed by atoms with Gasteiger partial charge in [0.1, 0.15) is 5.76 Å². The van der Waals surface area contributed by atoms with E-state index < -0.39 is 0 Å². The van der Waals surface area contributed by atoms with Crippen LogP contribution in [0.1, 0.15) is 31.9 Å². The molecule has 0 atom stereocenters. The van der Waals surface area contributed by atoms with Gasteiger partial charge in [-0.2, -0.15) is 0 Å². The molecule has 1 heterocycles. The fourth-order valence-corrected chi connectivity index (χ4v) is 2.12. The van der Waals surface area contributed by atoms with E-state index in [4.69, 9.17) is 9.15 Å². The Morgan fingerprint density at radius 2 is 2.36 bits per heavy atom. The molecular weight excluding hydrogens is 278 g/mol. The molecule has 0 unspecified atom stereocenters. The third-order valence-corrected chi connectivity index (χ3v) is 3.70. The maximum Gasteiger partial charge on any atom is 0.193 e. The molecule has 1 aliphatic rings. The average molecular weight is 307 g/mol. The molecule has 0 radical (unpaired) electrons. The average Bonchev–Trinajstić information content (AvgIpc) is 3.21. The van der Waals surface area contributed by atoms with E-state index in [9.17, 15) is 0 Å². The van der Waals surface area contributed by atoms with Crippen molar-refractivity contribution in [2.24, 2.45) is 10.9 Å². The fourth-order valence-electron chi connectivity index (χ4n) is 2.12. The van der Waals surface area contributed by atoms with Crippen LogP contribution in [0.4, 0.5) is 0 Å². The number of nitrogens with zero attached hydrogens (tertiary/aromatic N) is 2. The largest absolute Gasteiger partial charge is 0.469 e. The minimum atomic E-state index is 0.762. The lowest BCUT2D eigenvalue weighted by Gasteiger charge is -2.22. The lowest BCUT2D eigenvalue weighted by atomic mass is 10.3. The Morgan fingerprint density at radius 1 is 1.50 bits per heavy atom. The van der Waals surface area contributed by atoms with Crippen molar-refractivity contribution in [2.75, 3.05) is 39.9 Å². The molecule has 1 aliphatic carbocycles. The van der Waals surface area contributed by atoms with Gasteiger partial charge in [0.25, 0.3) is 0 Å². The van der Waals surface area contributed by atoms with Crippen molar-refractivity contribution in [3.05, 3.63) is 24.2 Å². The fraction of sp³-hybridized carbons (Fsp3) is 0.706. The first kappa shape index (κ1) is 16.9. The predicted molar refractivity (Wildman–Crippen MR) is 89.2 cm³/mol. The Hall–Kier alpha value is -1.49. The number of ether oxygens (including phenoxy) is 1. The number of guanidine groups is 1. The summed E-state index contributed by atoms with van der Waals surface area (Å²) in [5.41, 5.74) is 0. The SMILES string of the molecule is CCCN=C(NCCc1ccco1)N(C)CCOCC1CC1. The van der Waals surface area contributed by atoms with Crippen LogP contribution in [0.2, 0.25) is 0 Å². The number of hydrogen-bond donors (Lipinski definition) is 1. The van der Waals surface area contributed by atoms with Gasteiger partial charge in [-0.15, -0.1) is 0 Å². The van der Waals surface area contributed by atoms with Gasteiger partial charge in [0.05, 0.1) is 12.9 Å². The molecule has 5 heteroatoms. The van der Waals surface area contributed by atoms with Gasteiger partial charge in [0.15, 0.2) is 5.96 Å². The predicted octanol–water partition coefficient (Wildman–Crippen LogP) is 2.54. The highest BCUT2D eigenvalue weighted by molar-refractivity contribution is 5.79. The van der Waals surface area contributed by atoms with Gasteiger partial charge in [0.2, 0.25) is 0 Å². The zero-order valence-electron chi connectivity index (χ0n) is 13.9. The molecule has 124 valence electrons. The molecular formula is C17H29N3O2. The Labute approximate surface area is 133 Å². The number of likely N-dealkylation sites (N-methyl/N-ethyl adjacent to an activating group) is 1. The number of furan rings is 1. The molecule has 0 aromatic carbocycles. The molecule has 1 aromatic heterocycles. The molecule has 0 spiro atoms. The highest BCUT2D eigenvalue weighted by Crippen LogP contribution is 2.28. The molecule has 2 rings (SSSR count). The van der Waals surface area contributed by atoms with E-state index in [2.05, 4.69) is 29.2 Å². The second-order valence-electron chi connectivity index (χ2n) is 5.90. The van der Waals surface area contributed by atoms with Crippen LogP contribution in [0.15, 0.2) is 27.8 Å². The van der Waals surface area contributed by atoms with E-state index in [1.54, 1.807) is 6.26 Å². The second kappa shape index (κ2) is 9.51. The molecule has 0 bridgehead atoms. The van der Waals surface area contributed by atoms with Gasteiger partial charge in [0, 0.05) is 39.7 Å². The van der Waals surface area contributed by atoms with Crippen molar-refractivity contribution in [1.29, 1.82) is 0 Å². The van der Waals surface area contributed by atoms with Crippen LogP contribution in [-0.4, -0.2) is 50.8 Å². The first-order chi connectivity index (χ1) is 10.8. The number of hydrogen-bond acceptors (Lipinski definition) is 3. The minimum absolute atomic E-state index is 0.762. The normalized spacial score (nSPS) is 15.1.